The van der Waals surface area contributed by atoms with E-state index in [4.69, 9.17) is 29.4 Å². The highest BCUT2D eigenvalue weighted by molar-refractivity contribution is 8.28. The first-order valence-electron chi connectivity index (χ1n) is 34.0. The van der Waals surface area contributed by atoms with Crippen LogP contribution in [0, 0.1) is 0 Å². The SMILES string of the molecule is [2H]c1c([2H])c([2H])c2c(c1[2H])SB1c3c([2H])c([2H])c(-c4c([2H])c([2H])c([2H])c([2H])c4-n4c5c([2H])c([2H])c([2H])c([2H])c5c5c([2H])c([2H])c([2H])c([2H])c54)c([2H])c3Oc3c([2H])c(-c4c([2H])c([2H])c([2H])c([2H])c4-n4c5c([2H])c([2H])c([2H])c([2H])c5c5c([2H])c([2H])c([2H])c([2H])c54)c([2H])c-2c31. The number of rotatable bonds is 4. The van der Waals surface area contributed by atoms with Crippen LogP contribution in [0.3, 0.4) is 0 Å². The Bertz CT molecular complexity index is 5320. The number of hydrogen-bond acceptors (Lipinski definition) is 2. The molecule has 3 nitrogen and oxygen atoms in total. The summed E-state index contributed by atoms with van der Waals surface area (Å²) >= 11 is 0.591. The molecule has 0 saturated heterocycles. The minimum Gasteiger partial charge on any atom is -0.458 e. The first kappa shape index (κ1) is 14.3. The number of nitrogens with zero attached hydrogens (tertiary/aromatic N) is 2. The quantitative estimate of drug-likeness (QED) is 0.165. The lowest BCUT2D eigenvalue weighted by Gasteiger charge is -2.33. The van der Waals surface area contributed by atoms with Gasteiger partial charge in [0.05, 0.1) is 78.7 Å². The molecule has 0 radical (unpaired) electrons. The minimum absolute atomic E-state index is 0.336. The zero-order chi connectivity index (χ0) is 67.3. The molecule has 0 spiro atoms. The smallest absolute Gasteiger partial charge is 0.289 e. The van der Waals surface area contributed by atoms with Crippen molar-refractivity contribution in [2.75, 3.05) is 0 Å². The maximum atomic E-state index is 10.3. The zero-order valence-electron chi connectivity index (χ0n) is 62.3. The predicted octanol–water partition coefficient (Wildman–Crippen LogP) is 13.2. The van der Waals surface area contributed by atoms with Gasteiger partial charge in [-0.2, -0.15) is 11.6 Å². The summed E-state index contributed by atoms with van der Waals surface area (Å²) in [6.07, 6.45) is 0. The van der Waals surface area contributed by atoms with E-state index in [0.29, 0.717) is 11.6 Å². The predicted molar refractivity (Wildman–Crippen MR) is 249 cm³/mol. The highest BCUT2D eigenvalue weighted by Crippen LogP contribution is 2.47. The molecule has 0 unspecified atom stereocenters. The van der Waals surface area contributed by atoms with Crippen LogP contribution in [0.25, 0.3) is 88.4 Å². The molecule has 13 rings (SSSR count). The standard InChI is InChI=1S/C54H33BN2OS/c1-8-22-45(56-47-24-10-3-17-38(47)39-18-4-11-25-48(39)56)36(15-1)34-29-30-44-51(32-34)58-52-33-35(31-43-42-21-7-14-28-53(42)59-55(44)54(43)52)37-16-2-9-23-46(37)57-49-26-12-5-19-40(49)41-20-6-13-27-50(41)57/h1-33H/i1D,2D,3D,4D,5D,6D,7D,8D,9D,10D,11D,12D,13D,14D,15D,16D,17D,18D,19D,20D,21D,22D,23D,24D,25D,26D,27D,28D,29D,30D,31D,32D,33D. The van der Waals surface area contributed by atoms with Crippen LogP contribution in [-0.4, -0.2) is 15.1 Å². The van der Waals surface area contributed by atoms with Gasteiger partial charge < -0.3 is 13.9 Å². The Balaban J connectivity index is 1.20. The van der Waals surface area contributed by atoms with Gasteiger partial charge in [0.1, 0.15) is 11.5 Å². The van der Waals surface area contributed by atoms with Gasteiger partial charge >= 0.3 is 0 Å². The van der Waals surface area contributed by atoms with Crippen LogP contribution < -0.4 is 15.7 Å². The Morgan fingerprint density at radius 2 is 0.864 bits per heavy atom. The molecule has 274 valence electrons. The summed E-state index contributed by atoms with van der Waals surface area (Å²) in [5, 5.41) is -2.16. The van der Waals surface area contributed by atoms with Crippen molar-refractivity contribution in [2.45, 2.75) is 4.90 Å². The van der Waals surface area contributed by atoms with E-state index in [-0.39, 0.29) is 10.4 Å². The monoisotopic (exact) mass is 801 g/mol. The molecule has 9 aromatic carbocycles. The molecule has 0 saturated carbocycles. The molecular weight excluding hydrogens is 735 g/mol. The summed E-state index contributed by atoms with van der Waals surface area (Å²) in [4.78, 5) is -0.351. The third-order valence-corrected chi connectivity index (χ3v) is 11.3. The molecule has 0 fully saturated rings. The number of fused-ring (bicyclic) bond motifs is 10. The molecule has 0 bridgehead atoms. The van der Waals surface area contributed by atoms with Gasteiger partial charge in [-0.15, -0.1) is 0 Å². The molecule has 2 aliphatic heterocycles. The molecule has 4 heterocycles. The molecule has 59 heavy (non-hydrogen) atoms. The molecule has 11 aromatic rings. The van der Waals surface area contributed by atoms with Crippen molar-refractivity contribution in [3.05, 3.63) is 199 Å². The highest BCUT2D eigenvalue weighted by Gasteiger charge is 2.39. The minimum atomic E-state index is -1.66. The number of hydrogen-bond donors (Lipinski definition) is 0. The summed E-state index contributed by atoms with van der Waals surface area (Å²) in [7, 11) is 0. The fourth-order valence-corrected chi connectivity index (χ4v) is 8.85. The van der Waals surface area contributed by atoms with E-state index in [1.807, 2.05) is 0 Å². The van der Waals surface area contributed by atoms with Gasteiger partial charge in [0, 0.05) is 37.6 Å². The van der Waals surface area contributed by atoms with Crippen LogP contribution in [0.5, 0.6) is 11.5 Å². The first-order valence-corrected chi connectivity index (χ1v) is 18.4. The summed E-state index contributed by atoms with van der Waals surface area (Å²) in [6.45, 7) is 0. The van der Waals surface area contributed by atoms with Crippen molar-refractivity contribution in [3.63, 3.8) is 0 Å². The van der Waals surface area contributed by atoms with Crippen LogP contribution in [0.15, 0.2) is 204 Å². The normalized spacial score (nSPS) is 20.6. The molecule has 0 N–H and O–H groups in total. The molecule has 2 aliphatic rings. The topological polar surface area (TPSA) is 19.1 Å². The molecule has 0 aliphatic carbocycles. The zero-order valence-corrected chi connectivity index (χ0v) is 30.1. The van der Waals surface area contributed by atoms with Crippen molar-refractivity contribution in [1.29, 1.82) is 0 Å². The average Bonchev–Trinajstić information content (AvgIpc) is 1.28. The van der Waals surface area contributed by atoms with Gasteiger partial charge in [0.25, 0.3) is 5.99 Å². The molecule has 0 atom stereocenters. The van der Waals surface area contributed by atoms with Gasteiger partial charge in [-0.05, 0) is 93.6 Å². The van der Waals surface area contributed by atoms with Crippen LogP contribution in [0.1, 0.15) is 45.2 Å². The van der Waals surface area contributed by atoms with Crippen LogP contribution in [-0.2, 0) is 0 Å². The number of aromatic nitrogens is 2. The summed E-state index contributed by atoms with van der Waals surface area (Å²) in [5.41, 5.74) is -9.73. The van der Waals surface area contributed by atoms with Gasteiger partial charge in [0.2, 0.25) is 0 Å². The van der Waals surface area contributed by atoms with Crippen LogP contribution in [0.4, 0.5) is 0 Å². The molecule has 0 amide bonds. The fourth-order valence-electron chi connectivity index (χ4n) is 7.61. The van der Waals surface area contributed by atoms with Crippen molar-refractivity contribution >= 4 is 72.1 Å². The maximum Gasteiger partial charge on any atom is 0.289 e. The summed E-state index contributed by atoms with van der Waals surface area (Å²) < 4.78 is 312. The van der Waals surface area contributed by atoms with E-state index >= 15 is 0 Å². The van der Waals surface area contributed by atoms with Crippen molar-refractivity contribution in [2.24, 2.45) is 0 Å². The van der Waals surface area contributed by atoms with Crippen molar-refractivity contribution in [3.8, 4) is 56.3 Å². The van der Waals surface area contributed by atoms with Crippen LogP contribution >= 0.6 is 11.6 Å². The largest absolute Gasteiger partial charge is 0.458 e. The maximum absolute atomic E-state index is 10.3. The first-order chi connectivity index (χ1) is 43.0. The van der Waals surface area contributed by atoms with Crippen LogP contribution in [0.2, 0.25) is 0 Å². The lowest BCUT2D eigenvalue weighted by molar-refractivity contribution is 0.488. The van der Waals surface area contributed by atoms with Gasteiger partial charge in [-0.3, -0.25) is 0 Å². The molecule has 5 heteroatoms. The summed E-state index contributed by atoms with van der Waals surface area (Å²) in [6, 6.07) is -31.0. The Labute approximate surface area is 392 Å². The number of benzene rings is 9. The Kier molecular flexibility index (Phi) is 3.06. The summed E-state index contributed by atoms with van der Waals surface area (Å²) in [5.74, 6) is -3.24. The highest BCUT2D eigenvalue weighted by atomic mass is 32.2. The third-order valence-electron chi connectivity index (χ3n) is 10.0. The van der Waals surface area contributed by atoms with E-state index in [1.54, 1.807) is 0 Å². The Morgan fingerprint density at radius 1 is 0.407 bits per heavy atom. The second kappa shape index (κ2) is 12.6. The van der Waals surface area contributed by atoms with Gasteiger partial charge in [0.15, 0.2) is 0 Å². The molecular formula is C54H33BN2OS. The van der Waals surface area contributed by atoms with E-state index in [9.17, 15) is 20.6 Å². The third kappa shape index (κ3) is 4.80. The van der Waals surface area contributed by atoms with E-state index in [2.05, 4.69) is 0 Å². The number of para-hydroxylation sites is 6. The Hall–Kier alpha value is -7.21. The number of ether oxygens (including phenoxy) is 1. The van der Waals surface area contributed by atoms with E-state index in [1.165, 1.54) is 0 Å². The second-order valence-electron chi connectivity index (χ2n) is 13.1. The fraction of sp³-hybridized carbons (Fsp3) is 0. The second-order valence-corrected chi connectivity index (χ2v) is 14.2. The van der Waals surface area contributed by atoms with E-state index < -0.39 is 311 Å². The Morgan fingerprint density at radius 3 is 1.44 bits per heavy atom. The van der Waals surface area contributed by atoms with Gasteiger partial charge in [-0.25, -0.2) is 0 Å². The average molecular weight is 802 g/mol. The molecule has 2 aromatic heterocycles. The van der Waals surface area contributed by atoms with Gasteiger partial charge in [-0.1, -0.05) is 139 Å². The van der Waals surface area contributed by atoms with Crippen molar-refractivity contribution in [1.82, 2.24) is 9.13 Å². The lowest BCUT2D eigenvalue weighted by Crippen LogP contribution is -2.46. The lowest BCUT2D eigenvalue weighted by atomic mass is 9.57. The van der Waals surface area contributed by atoms with Crippen molar-refractivity contribution < 1.29 is 50.0 Å². The van der Waals surface area contributed by atoms with E-state index in [0.717, 1.165) is 9.13 Å².